The quantitative estimate of drug-likeness (QED) is 0.769. The zero-order valence-corrected chi connectivity index (χ0v) is 14.5. The molecule has 124 valence electrons. The van der Waals surface area contributed by atoms with E-state index < -0.39 is 0 Å². The molecular weight excluding hydrogens is 316 g/mol. The molecule has 2 N–H and O–H groups in total. The second-order valence-corrected chi connectivity index (χ2v) is 7.34. The molecule has 0 amide bonds. The molecule has 0 aliphatic heterocycles. The summed E-state index contributed by atoms with van der Waals surface area (Å²) < 4.78 is 2.31. The summed E-state index contributed by atoms with van der Waals surface area (Å²) in [6.45, 7) is 0.788. The van der Waals surface area contributed by atoms with Crippen LogP contribution in [-0.4, -0.2) is 21.1 Å². The fourth-order valence-electron chi connectivity index (χ4n) is 3.62. The largest absolute Gasteiger partial charge is 0.330 e. The van der Waals surface area contributed by atoms with Gasteiger partial charge in [0.15, 0.2) is 10.8 Å². The van der Waals surface area contributed by atoms with Gasteiger partial charge in [0.05, 0.1) is 5.69 Å². The second-order valence-electron chi connectivity index (χ2n) is 6.48. The summed E-state index contributed by atoms with van der Waals surface area (Å²) in [6, 6.07) is 10.8. The fraction of sp³-hybridized carbons (Fsp3) is 0.368. The highest BCUT2D eigenvalue weighted by Gasteiger charge is 2.25. The van der Waals surface area contributed by atoms with E-state index in [0.717, 1.165) is 35.1 Å². The molecule has 1 saturated carbocycles. The van der Waals surface area contributed by atoms with E-state index in [1.54, 1.807) is 11.3 Å². The first-order valence-corrected chi connectivity index (χ1v) is 9.47. The summed E-state index contributed by atoms with van der Waals surface area (Å²) >= 11 is 1.67. The summed E-state index contributed by atoms with van der Waals surface area (Å²) in [7, 11) is 0. The van der Waals surface area contributed by atoms with Gasteiger partial charge in [-0.15, -0.1) is 11.3 Å². The molecule has 0 saturated heterocycles. The highest BCUT2D eigenvalue weighted by molar-refractivity contribution is 7.13. The molecule has 5 heteroatoms. The van der Waals surface area contributed by atoms with Gasteiger partial charge < -0.3 is 10.3 Å². The molecule has 4 rings (SSSR count). The van der Waals surface area contributed by atoms with Crippen LogP contribution >= 0.6 is 11.3 Å². The van der Waals surface area contributed by atoms with Crippen LogP contribution in [0.1, 0.15) is 31.7 Å². The number of hydrogen-bond acceptors (Lipinski definition) is 4. The predicted molar refractivity (Wildman–Crippen MR) is 98.8 cm³/mol. The lowest BCUT2D eigenvalue weighted by Crippen LogP contribution is -2.24. The van der Waals surface area contributed by atoms with E-state index in [0.29, 0.717) is 12.0 Å². The number of nitrogens with two attached hydrogens (primary N) is 1. The zero-order chi connectivity index (χ0) is 16.4. The van der Waals surface area contributed by atoms with E-state index in [1.807, 2.05) is 24.4 Å². The number of rotatable bonds is 4. The maximum atomic E-state index is 5.90. The number of imidazole rings is 1. The fourth-order valence-corrected chi connectivity index (χ4v) is 4.45. The molecule has 2 heterocycles. The first kappa shape index (κ1) is 15.5. The average molecular weight is 338 g/mol. The van der Waals surface area contributed by atoms with Gasteiger partial charge in [0.1, 0.15) is 0 Å². The SMILES string of the molecule is NC[C@@H]1CCC[C@H](n2ccnc2-c2nc(-c3ccccc3)cs2)C1. The highest BCUT2D eigenvalue weighted by Crippen LogP contribution is 2.36. The number of hydrogen-bond donors (Lipinski definition) is 1. The van der Waals surface area contributed by atoms with Crippen molar-refractivity contribution in [3.05, 3.63) is 48.1 Å². The lowest BCUT2D eigenvalue weighted by molar-refractivity contribution is 0.273. The number of nitrogens with zero attached hydrogens (tertiary/aromatic N) is 3. The molecule has 1 aliphatic carbocycles. The molecule has 0 spiro atoms. The maximum absolute atomic E-state index is 5.90. The minimum absolute atomic E-state index is 0.494. The lowest BCUT2D eigenvalue weighted by atomic mass is 9.85. The molecule has 0 unspecified atom stereocenters. The third-order valence-electron chi connectivity index (χ3n) is 4.92. The van der Waals surface area contributed by atoms with Gasteiger partial charge in [-0.2, -0.15) is 0 Å². The van der Waals surface area contributed by atoms with Gasteiger partial charge in [-0.05, 0) is 31.7 Å². The van der Waals surface area contributed by atoms with Gasteiger partial charge in [-0.3, -0.25) is 0 Å². The van der Waals surface area contributed by atoms with E-state index in [1.165, 1.54) is 19.3 Å². The van der Waals surface area contributed by atoms with Crippen LogP contribution in [0.2, 0.25) is 0 Å². The van der Waals surface area contributed by atoms with Crippen molar-refractivity contribution in [2.45, 2.75) is 31.7 Å². The van der Waals surface area contributed by atoms with Crippen molar-refractivity contribution < 1.29 is 0 Å². The van der Waals surface area contributed by atoms with Crippen LogP contribution in [0.3, 0.4) is 0 Å². The minimum Gasteiger partial charge on any atom is -0.330 e. The Morgan fingerprint density at radius 2 is 2.08 bits per heavy atom. The molecule has 0 radical (unpaired) electrons. The van der Waals surface area contributed by atoms with E-state index in [2.05, 4.69) is 33.3 Å². The standard InChI is InChI=1S/C19H22N4S/c20-12-14-5-4-8-16(11-14)23-10-9-21-18(23)19-22-17(13-24-19)15-6-2-1-3-7-15/h1-3,6-7,9-10,13-14,16H,4-5,8,11-12,20H2/t14-,16+/m1/s1. The van der Waals surface area contributed by atoms with Crippen LogP contribution in [0.5, 0.6) is 0 Å². The Labute approximate surface area is 146 Å². The normalized spacial score (nSPS) is 21.0. The molecule has 1 aliphatic rings. The van der Waals surface area contributed by atoms with Gasteiger partial charge in [-0.25, -0.2) is 9.97 Å². The van der Waals surface area contributed by atoms with Crippen LogP contribution in [0.15, 0.2) is 48.1 Å². The van der Waals surface area contributed by atoms with Crippen LogP contribution in [0.4, 0.5) is 0 Å². The number of thiazole rings is 1. The van der Waals surface area contributed by atoms with Gasteiger partial charge in [0.25, 0.3) is 0 Å². The maximum Gasteiger partial charge on any atom is 0.169 e. The van der Waals surface area contributed by atoms with Crippen LogP contribution in [-0.2, 0) is 0 Å². The third-order valence-corrected chi connectivity index (χ3v) is 5.75. The first-order valence-electron chi connectivity index (χ1n) is 8.59. The van der Waals surface area contributed by atoms with E-state index >= 15 is 0 Å². The van der Waals surface area contributed by atoms with Crippen molar-refractivity contribution in [3.8, 4) is 22.1 Å². The molecule has 0 bridgehead atoms. The Morgan fingerprint density at radius 1 is 1.21 bits per heavy atom. The molecule has 1 fully saturated rings. The predicted octanol–water partition coefficient (Wildman–Crippen LogP) is 4.36. The smallest absolute Gasteiger partial charge is 0.169 e. The Balaban J connectivity index is 1.62. The molecule has 3 aromatic rings. The molecular formula is C19H22N4S. The molecule has 24 heavy (non-hydrogen) atoms. The molecule has 1 aromatic carbocycles. The van der Waals surface area contributed by atoms with Crippen molar-refractivity contribution in [1.82, 2.24) is 14.5 Å². The number of aromatic nitrogens is 3. The van der Waals surface area contributed by atoms with Crippen molar-refractivity contribution in [2.24, 2.45) is 11.7 Å². The van der Waals surface area contributed by atoms with Crippen molar-refractivity contribution in [3.63, 3.8) is 0 Å². The summed E-state index contributed by atoms with van der Waals surface area (Å²) in [5, 5.41) is 3.11. The first-order chi connectivity index (χ1) is 11.8. The molecule has 2 atom stereocenters. The monoisotopic (exact) mass is 338 g/mol. The van der Waals surface area contributed by atoms with Crippen molar-refractivity contribution in [1.29, 1.82) is 0 Å². The van der Waals surface area contributed by atoms with Gasteiger partial charge >= 0.3 is 0 Å². The van der Waals surface area contributed by atoms with Gasteiger partial charge in [-0.1, -0.05) is 36.8 Å². The van der Waals surface area contributed by atoms with E-state index in [-0.39, 0.29) is 0 Å². The average Bonchev–Trinajstić information content (AvgIpc) is 3.31. The Hall–Kier alpha value is -1.98. The zero-order valence-electron chi connectivity index (χ0n) is 13.6. The van der Waals surface area contributed by atoms with Crippen LogP contribution in [0.25, 0.3) is 22.1 Å². The Bertz CT molecular complexity index is 793. The summed E-state index contributed by atoms with van der Waals surface area (Å²) in [6.07, 6.45) is 8.85. The van der Waals surface area contributed by atoms with Crippen LogP contribution < -0.4 is 5.73 Å². The Kier molecular flexibility index (Phi) is 4.45. The lowest BCUT2D eigenvalue weighted by Gasteiger charge is -2.30. The van der Waals surface area contributed by atoms with Gasteiger partial charge in [0, 0.05) is 29.4 Å². The van der Waals surface area contributed by atoms with E-state index in [4.69, 9.17) is 10.7 Å². The Morgan fingerprint density at radius 3 is 2.92 bits per heavy atom. The summed E-state index contributed by atoms with van der Waals surface area (Å²) in [5.74, 6) is 1.63. The summed E-state index contributed by atoms with van der Waals surface area (Å²) in [4.78, 5) is 9.43. The highest BCUT2D eigenvalue weighted by atomic mass is 32.1. The molecule has 4 nitrogen and oxygen atoms in total. The van der Waals surface area contributed by atoms with Crippen LogP contribution in [0, 0.1) is 5.92 Å². The second kappa shape index (κ2) is 6.87. The number of benzene rings is 1. The van der Waals surface area contributed by atoms with Gasteiger partial charge in [0.2, 0.25) is 0 Å². The third kappa shape index (κ3) is 3.01. The minimum atomic E-state index is 0.494. The summed E-state index contributed by atoms with van der Waals surface area (Å²) in [5.41, 5.74) is 8.07. The topological polar surface area (TPSA) is 56.7 Å². The van der Waals surface area contributed by atoms with E-state index in [9.17, 15) is 0 Å². The van der Waals surface area contributed by atoms with Crippen molar-refractivity contribution in [2.75, 3.05) is 6.54 Å². The van der Waals surface area contributed by atoms with Crippen molar-refractivity contribution >= 4 is 11.3 Å². The molecule has 2 aromatic heterocycles.